The molecule has 0 saturated carbocycles. The average molecular weight is 431 g/mol. The predicted octanol–water partition coefficient (Wildman–Crippen LogP) is 4.78. The molecule has 4 aromatic rings. The molecule has 154 valence electrons. The highest BCUT2D eigenvalue weighted by Crippen LogP contribution is 2.39. The maximum absolute atomic E-state index is 13.1. The van der Waals surface area contributed by atoms with Gasteiger partial charge in [0.15, 0.2) is 5.82 Å². The quantitative estimate of drug-likeness (QED) is 0.483. The largest absolute Gasteiger partial charge is 0.490 e. The number of carbonyl (C=O) groups is 2. The number of pyridine rings is 1. The number of carboxylic acid groups (broad SMARTS) is 1. The molecule has 31 heavy (non-hydrogen) atoms. The van der Waals surface area contributed by atoms with Crippen molar-refractivity contribution in [1.29, 1.82) is 0 Å². The maximum Gasteiger partial charge on any atom is 0.337 e. The van der Waals surface area contributed by atoms with Crippen LogP contribution in [-0.2, 0) is 0 Å². The summed E-state index contributed by atoms with van der Waals surface area (Å²) in [6.07, 6.45) is 1.30. The Morgan fingerprint density at radius 3 is 2.81 bits per heavy atom. The Morgan fingerprint density at radius 1 is 1.13 bits per heavy atom. The molecule has 1 aliphatic rings. The molecular formula is C23H17N3O4S. The van der Waals surface area contributed by atoms with Gasteiger partial charge in [-0.05, 0) is 24.3 Å². The summed E-state index contributed by atoms with van der Waals surface area (Å²) in [5, 5.41) is 15.0. The van der Waals surface area contributed by atoms with Gasteiger partial charge in [-0.15, -0.1) is 11.3 Å². The van der Waals surface area contributed by atoms with Crippen molar-refractivity contribution in [2.45, 2.75) is 0 Å². The van der Waals surface area contributed by atoms with Crippen LogP contribution in [0.15, 0.2) is 66.2 Å². The molecule has 1 aliphatic heterocycles. The summed E-state index contributed by atoms with van der Waals surface area (Å²) in [5.41, 5.74) is 1.67. The van der Waals surface area contributed by atoms with E-state index in [0.29, 0.717) is 36.0 Å². The number of aromatic nitrogens is 1. The maximum atomic E-state index is 13.1. The summed E-state index contributed by atoms with van der Waals surface area (Å²) < 4.78 is 6.72. The third kappa shape index (κ3) is 3.47. The second kappa shape index (κ2) is 7.73. The van der Waals surface area contributed by atoms with Crippen LogP contribution in [0.5, 0.6) is 5.75 Å². The Balaban J connectivity index is 1.57. The minimum absolute atomic E-state index is 0.00392. The summed E-state index contributed by atoms with van der Waals surface area (Å²) in [5.74, 6) is -0.255. The molecule has 7 nitrogen and oxygen atoms in total. The van der Waals surface area contributed by atoms with E-state index in [9.17, 15) is 14.7 Å². The topological polar surface area (TPSA) is 91.8 Å². The second-order valence-electron chi connectivity index (χ2n) is 6.97. The number of anilines is 3. The van der Waals surface area contributed by atoms with E-state index in [0.717, 1.165) is 15.8 Å². The van der Waals surface area contributed by atoms with Crippen molar-refractivity contribution >= 4 is 50.5 Å². The molecule has 2 N–H and O–H groups in total. The molecule has 0 spiro atoms. The first kappa shape index (κ1) is 19.1. The van der Waals surface area contributed by atoms with Crippen molar-refractivity contribution in [2.24, 2.45) is 0 Å². The normalized spacial score (nSPS) is 12.8. The van der Waals surface area contributed by atoms with E-state index in [4.69, 9.17) is 4.74 Å². The standard InChI is InChI=1S/C23H17N3O4S/c27-22(16-13-31-20-8-4-1-5-15(16)20)25-17-11-14(23(28)29)12-24-21(17)26-9-10-30-19-7-3-2-6-18(19)26/h1-8,11-13H,9-10H2,(H,25,27)(H,28,29). The molecule has 0 atom stereocenters. The number of fused-ring (bicyclic) bond motifs is 2. The lowest BCUT2D eigenvalue weighted by Crippen LogP contribution is -2.30. The summed E-state index contributed by atoms with van der Waals surface area (Å²) in [6, 6.07) is 16.6. The fourth-order valence-electron chi connectivity index (χ4n) is 3.61. The van der Waals surface area contributed by atoms with Crippen LogP contribution in [0.2, 0.25) is 0 Å². The number of benzene rings is 2. The highest BCUT2D eigenvalue weighted by atomic mass is 32.1. The third-order valence-electron chi connectivity index (χ3n) is 5.07. The molecule has 1 amide bonds. The number of hydrogen-bond acceptors (Lipinski definition) is 6. The van der Waals surface area contributed by atoms with E-state index in [1.54, 1.807) is 5.38 Å². The molecule has 0 bridgehead atoms. The van der Waals surface area contributed by atoms with Crippen molar-refractivity contribution in [1.82, 2.24) is 4.98 Å². The fraction of sp³-hybridized carbons (Fsp3) is 0.0870. The Kier molecular flexibility index (Phi) is 4.76. The first-order chi connectivity index (χ1) is 15.1. The lowest BCUT2D eigenvalue weighted by molar-refractivity contribution is 0.0696. The number of amides is 1. The van der Waals surface area contributed by atoms with Crippen LogP contribution in [0.25, 0.3) is 10.1 Å². The average Bonchev–Trinajstić information content (AvgIpc) is 3.23. The number of aromatic carboxylic acids is 1. The highest BCUT2D eigenvalue weighted by Gasteiger charge is 2.25. The van der Waals surface area contributed by atoms with E-state index in [1.165, 1.54) is 23.6 Å². The Morgan fingerprint density at radius 2 is 1.94 bits per heavy atom. The van der Waals surface area contributed by atoms with Gasteiger partial charge in [0.2, 0.25) is 0 Å². The number of para-hydroxylation sites is 2. The zero-order valence-electron chi connectivity index (χ0n) is 16.2. The zero-order valence-corrected chi connectivity index (χ0v) is 17.1. The molecule has 8 heteroatoms. The van der Waals surface area contributed by atoms with Gasteiger partial charge in [0.1, 0.15) is 12.4 Å². The Labute approximate surface area is 181 Å². The number of rotatable bonds is 4. The highest BCUT2D eigenvalue weighted by molar-refractivity contribution is 7.17. The minimum atomic E-state index is -1.11. The van der Waals surface area contributed by atoms with Gasteiger partial charge in [-0.3, -0.25) is 4.79 Å². The molecular weight excluding hydrogens is 414 g/mol. The van der Waals surface area contributed by atoms with Crippen LogP contribution in [-0.4, -0.2) is 35.1 Å². The van der Waals surface area contributed by atoms with Crippen LogP contribution in [0.1, 0.15) is 20.7 Å². The molecule has 0 unspecified atom stereocenters. The number of ether oxygens (including phenoxy) is 1. The van der Waals surface area contributed by atoms with Gasteiger partial charge in [0.05, 0.1) is 29.0 Å². The summed E-state index contributed by atoms with van der Waals surface area (Å²) in [7, 11) is 0. The van der Waals surface area contributed by atoms with Gasteiger partial charge >= 0.3 is 5.97 Å². The molecule has 2 aromatic heterocycles. The number of nitrogens with zero attached hydrogens (tertiary/aromatic N) is 2. The van der Waals surface area contributed by atoms with E-state index >= 15 is 0 Å². The van der Waals surface area contributed by atoms with Crippen molar-refractivity contribution in [3.8, 4) is 5.75 Å². The van der Waals surface area contributed by atoms with Gasteiger partial charge in [0, 0.05) is 21.7 Å². The third-order valence-corrected chi connectivity index (χ3v) is 6.04. The number of carboxylic acids is 1. The number of hydrogen-bond donors (Lipinski definition) is 2. The second-order valence-corrected chi connectivity index (χ2v) is 7.88. The fourth-order valence-corrected chi connectivity index (χ4v) is 4.56. The van der Waals surface area contributed by atoms with E-state index < -0.39 is 5.97 Å². The first-order valence-electron chi connectivity index (χ1n) is 9.62. The van der Waals surface area contributed by atoms with E-state index in [1.807, 2.05) is 53.4 Å². The molecule has 0 fully saturated rings. The van der Waals surface area contributed by atoms with Crippen molar-refractivity contribution < 1.29 is 19.4 Å². The van der Waals surface area contributed by atoms with Crippen LogP contribution in [0, 0.1) is 0 Å². The van der Waals surface area contributed by atoms with E-state index in [-0.39, 0.29) is 11.5 Å². The van der Waals surface area contributed by atoms with Crippen LogP contribution >= 0.6 is 11.3 Å². The summed E-state index contributed by atoms with van der Waals surface area (Å²) in [6.45, 7) is 0.961. The Hall–Kier alpha value is -3.91. The molecule has 0 aliphatic carbocycles. The van der Waals surface area contributed by atoms with Crippen LogP contribution in [0.3, 0.4) is 0 Å². The summed E-state index contributed by atoms with van der Waals surface area (Å²) >= 11 is 1.49. The van der Waals surface area contributed by atoms with E-state index in [2.05, 4.69) is 10.3 Å². The molecule has 5 rings (SSSR count). The zero-order chi connectivity index (χ0) is 21.4. The number of carbonyl (C=O) groups excluding carboxylic acids is 1. The van der Waals surface area contributed by atoms with Gasteiger partial charge in [0.25, 0.3) is 5.91 Å². The monoisotopic (exact) mass is 431 g/mol. The minimum Gasteiger partial charge on any atom is -0.490 e. The van der Waals surface area contributed by atoms with Crippen molar-refractivity contribution in [3.05, 3.63) is 77.3 Å². The SMILES string of the molecule is O=C(O)c1cnc(N2CCOc3ccccc32)c(NC(=O)c2csc3ccccc23)c1. The van der Waals surface area contributed by atoms with Gasteiger partial charge in [-0.2, -0.15) is 0 Å². The lowest BCUT2D eigenvalue weighted by atomic mass is 10.1. The first-order valence-corrected chi connectivity index (χ1v) is 10.5. The van der Waals surface area contributed by atoms with Gasteiger partial charge in [-0.25, -0.2) is 9.78 Å². The van der Waals surface area contributed by atoms with Gasteiger partial charge in [-0.1, -0.05) is 30.3 Å². The smallest absolute Gasteiger partial charge is 0.337 e. The molecule has 3 heterocycles. The lowest BCUT2D eigenvalue weighted by Gasteiger charge is -2.31. The Bertz CT molecular complexity index is 1320. The summed E-state index contributed by atoms with van der Waals surface area (Å²) in [4.78, 5) is 31.0. The van der Waals surface area contributed by atoms with Crippen molar-refractivity contribution in [2.75, 3.05) is 23.4 Å². The van der Waals surface area contributed by atoms with Gasteiger partial charge < -0.3 is 20.1 Å². The molecule has 0 saturated heterocycles. The van der Waals surface area contributed by atoms with Crippen LogP contribution < -0.4 is 15.0 Å². The number of nitrogens with one attached hydrogen (secondary N) is 1. The van der Waals surface area contributed by atoms with Crippen molar-refractivity contribution in [3.63, 3.8) is 0 Å². The van der Waals surface area contributed by atoms with Crippen LogP contribution in [0.4, 0.5) is 17.2 Å². The molecule has 2 aromatic carbocycles. The number of thiophene rings is 1. The predicted molar refractivity (Wildman–Crippen MR) is 120 cm³/mol. The molecule has 0 radical (unpaired) electrons.